The molecule has 0 saturated carbocycles. The first kappa shape index (κ1) is 15.2. The fourth-order valence-electron chi connectivity index (χ4n) is 2.13. The number of nitrogens with one attached hydrogen (secondary N) is 1. The molecule has 1 aromatic rings. The molecule has 1 N–H and O–H groups in total. The van der Waals surface area contributed by atoms with Crippen LogP contribution in [0.25, 0.3) is 0 Å². The largest absolute Gasteiger partial charge is 0.312 e. The molecule has 0 fully saturated rings. The van der Waals surface area contributed by atoms with Crippen molar-refractivity contribution in [1.82, 2.24) is 10.2 Å². The molecule has 0 aliphatic rings. The van der Waals surface area contributed by atoms with Gasteiger partial charge in [0.1, 0.15) is 0 Å². The molecule has 1 aromatic carbocycles. The van der Waals surface area contributed by atoms with E-state index in [9.17, 15) is 0 Å². The van der Waals surface area contributed by atoms with Crippen LogP contribution in [0.5, 0.6) is 0 Å². The van der Waals surface area contributed by atoms with Gasteiger partial charge in [0, 0.05) is 18.6 Å². The molecule has 2 nitrogen and oxygen atoms in total. The van der Waals surface area contributed by atoms with E-state index in [1.54, 1.807) is 0 Å². The summed E-state index contributed by atoms with van der Waals surface area (Å²) in [4.78, 5) is 2.28. The maximum atomic E-state index is 3.67. The van der Waals surface area contributed by atoms with Gasteiger partial charge in [-0.3, -0.25) is 0 Å². The third-order valence-corrected chi connectivity index (χ3v) is 3.94. The average Bonchev–Trinajstić information content (AvgIpc) is 2.38. The quantitative estimate of drug-likeness (QED) is 0.796. The topological polar surface area (TPSA) is 15.3 Å². The Balaban J connectivity index is 2.60. The maximum Gasteiger partial charge on any atom is 0.0466 e. The Morgan fingerprint density at radius 3 is 2.22 bits per heavy atom. The number of rotatable bonds is 7. The summed E-state index contributed by atoms with van der Waals surface area (Å²) < 4.78 is 0. The molecule has 0 heterocycles. The zero-order chi connectivity index (χ0) is 13.5. The van der Waals surface area contributed by atoms with Crippen LogP contribution in [0.4, 0.5) is 0 Å². The van der Waals surface area contributed by atoms with Gasteiger partial charge in [0.05, 0.1) is 0 Å². The highest BCUT2D eigenvalue weighted by molar-refractivity contribution is 5.19. The maximum absolute atomic E-state index is 3.67. The van der Waals surface area contributed by atoms with E-state index in [0.717, 1.165) is 12.5 Å². The molecule has 2 heteroatoms. The van der Waals surface area contributed by atoms with Gasteiger partial charge in [-0.2, -0.15) is 0 Å². The van der Waals surface area contributed by atoms with Crippen LogP contribution in [-0.2, 0) is 0 Å². The minimum absolute atomic E-state index is 0.442. The molecule has 0 bridgehead atoms. The van der Waals surface area contributed by atoms with E-state index in [2.05, 4.69) is 75.4 Å². The molecule has 1 rings (SSSR count). The third-order valence-electron chi connectivity index (χ3n) is 3.94. The molecule has 0 saturated heterocycles. The Kier molecular flexibility index (Phi) is 6.37. The Labute approximate surface area is 112 Å². The average molecular weight is 248 g/mol. The van der Waals surface area contributed by atoms with Crippen LogP contribution in [0.1, 0.15) is 38.8 Å². The Hall–Kier alpha value is -0.860. The van der Waals surface area contributed by atoms with Crippen LogP contribution >= 0.6 is 0 Å². The van der Waals surface area contributed by atoms with Gasteiger partial charge < -0.3 is 10.2 Å². The van der Waals surface area contributed by atoms with Crippen LogP contribution < -0.4 is 5.32 Å². The van der Waals surface area contributed by atoms with Crippen molar-refractivity contribution in [3.63, 3.8) is 0 Å². The van der Waals surface area contributed by atoms with Crippen LogP contribution in [0.15, 0.2) is 30.3 Å². The van der Waals surface area contributed by atoms with Crippen LogP contribution in [0.2, 0.25) is 0 Å². The van der Waals surface area contributed by atoms with Crippen molar-refractivity contribution < 1.29 is 0 Å². The molecule has 3 atom stereocenters. The molecule has 0 aliphatic heterocycles. The van der Waals surface area contributed by atoms with Crippen LogP contribution in [0, 0.1) is 5.92 Å². The predicted octanol–water partition coefficient (Wildman–Crippen LogP) is 3.31. The highest BCUT2D eigenvalue weighted by Crippen LogP contribution is 2.17. The molecule has 3 unspecified atom stereocenters. The summed E-state index contributed by atoms with van der Waals surface area (Å²) in [6, 6.07) is 11.7. The normalized spacial score (nSPS) is 16.6. The molecular formula is C16H28N2. The minimum Gasteiger partial charge on any atom is -0.312 e. The summed E-state index contributed by atoms with van der Waals surface area (Å²) in [7, 11) is 4.29. The van der Waals surface area contributed by atoms with E-state index >= 15 is 0 Å². The first-order chi connectivity index (χ1) is 8.56. The summed E-state index contributed by atoms with van der Waals surface area (Å²) in [6.07, 6.45) is 1.23. The van der Waals surface area contributed by atoms with Crippen molar-refractivity contribution in [2.75, 3.05) is 20.6 Å². The van der Waals surface area contributed by atoms with Gasteiger partial charge in [-0.05, 0) is 32.5 Å². The van der Waals surface area contributed by atoms with Gasteiger partial charge in [0.25, 0.3) is 0 Å². The number of hydrogen-bond acceptors (Lipinski definition) is 2. The lowest BCUT2D eigenvalue weighted by molar-refractivity contribution is 0.267. The van der Waals surface area contributed by atoms with Crippen molar-refractivity contribution in [2.24, 2.45) is 5.92 Å². The van der Waals surface area contributed by atoms with E-state index in [0.29, 0.717) is 12.1 Å². The summed E-state index contributed by atoms with van der Waals surface area (Å²) >= 11 is 0. The van der Waals surface area contributed by atoms with Crippen LogP contribution in [-0.4, -0.2) is 31.6 Å². The van der Waals surface area contributed by atoms with Gasteiger partial charge in [0.2, 0.25) is 0 Å². The fourth-order valence-corrected chi connectivity index (χ4v) is 2.13. The fraction of sp³-hybridized carbons (Fsp3) is 0.625. The summed E-state index contributed by atoms with van der Waals surface area (Å²) in [6.45, 7) is 7.85. The third kappa shape index (κ3) is 4.43. The Morgan fingerprint density at radius 2 is 1.72 bits per heavy atom. The van der Waals surface area contributed by atoms with Crippen molar-refractivity contribution in [1.29, 1.82) is 0 Å². The zero-order valence-corrected chi connectivity index (χ0v) is 12.5. The van der Waals surface area contributed by atoms with Crippen molar-refractivity contribution in [3.8, 4) is 0 Å². The van der Waals surface area contributed by atoms with E-state index in [1.807, 2.05) is 0 Å². The van der Waals surface area contributed by atoms with Gasteiger partial charge in [-0.25, -0.2) is 0 Å². The Morgan fingerprint density at radius 1 is 1.11 bits per heavy atom. The van der Waals surface area contributed by atoms with Gasteiger partial charge in [0.15, 0.2) is 0 Å². The SMILES string of the molecule is CCC(C)C(C)NCC(c1ccccc1)N(C)C. The number of hydrogen-bond donors (Lipinski definition) is 1. The minimum atomic E-state index is 0.442. The van der Waals surface area contributed by atoms with E-state index in [4.69, 9.17) is 0 Å². The second-order valence-electron chi connectivity index (χ2n) is 5.47. The molecule has 0 aliphatic carbocycles. The van der Waals surface area contributed by atoms with Gasteiger partial charge >= 0.3 is 0 Å². The molecule has 102 valence electrons. The molecule has 18 heavy (non-hydrogen) atoms. The summed E-state index contributed by atoms with van der Waals surface area (Å²) in [5.74, 6) is 0.726. The van der Waals surface area contributed by atoms with Gasteiger partial charge in [-0.15, -0.1) is 0 Å². The van der Waals surface area contributed by atoms with E-state index < -0.39 is 0 Å². The number of benzene rings is 1. The van der Waals surface area contributed by atoms with Gasteiger partial charge in [-0.1, -0.05) is 50.6 Å². The highest BCUT2D eigenvalue weighted by atomic mass is 15.1. The van der Waals surface area contributed by atoms with Crippen LogP contribution in [0.3, 0.4) is 0 Å². The zero-order valence-electron chi connectivity index (χ0n) is 12.5. The lowest BCUT2D eigenvalue weighted by Crippen LogP contribution is -2.38. The molecular weight excluding hydrogens is 220 g/mol. The van der Waals surface area contributed by atoms with Crippen molar-refractivity contribution in [3.05, 3.63) is 35.9 Å². The highest BCUT2D eigenvalue weighted by Gasteiger charge is 2.16. The van der Waals surface area contributed by atoms with E-state index in [-0.39, 0.29) is 0 Å². The molecule has 0 radical (unpaired) electrons. The standard InChI is InChI=1S/C16H28N2/c1-6-13(2)14(3)17-12-16(18(4)5)15-10-8-7-9-11-15/h7-11,13-14,16-17H,6,12H2,1-5H3. The van der Waals surface area contributed by atoms with Crippen molar-refractivity contribution >= 4 is 0 Å². The molecule has 0 aromatic heterocycles. The number of likely N-dealkylation sites (N-methyl/N-ethyl adjacent to an activating group) is 1. The lowest BCUT2D eigenvalue weighted by atomic mass is 9.99. The first-order valence-electron chi connectivity index (χ1n) is 7.01. The van der Waals surface area contributed by atoms with E-state index in [1.165, 1.54) is 12.0 Å². The summed E-state index contributed by atoms with van der Waals surface area (Å²) in [5.41, 5.74) is 1.38. The molecule has 0 spiro atoms. The number of nitrogens with zero attached hydrogens (tertiary/aromatic N) is 1. The Bertz CT molecular complexity index is 321. The summed E-state index contributed by atoms with van der Waals surface area (Å²) in [5, 5.41) is 3.67. The lowest BCUT2D eigenvalue weighted by Gasteiger charge is -2.28. The predicted molar refractivity (Wildman–Crippen MR) is 79.8 cm³/mol. The second kappa shape index (κ2) is 7.55. The monoisotopic (exact) mass is 248 g/mol. The van der Waals surface area contributed by atoms with Crippen molar-refractivity contribution in [2.45, 2.75) is 39.3 Å². The smallest absolute Gasteiger partial charge is 0.0466 e. The molecule has 0 amide bonds. The first-order valence-corrected chi connectivity index (χ1v) is 7.01. The second-order valence-corrected chi connectivity index (χ2v) is 5.47.